The molecule has 0 N–H and O–H groups in total. The first-order valence-electron chi connectivity index (χ1n) is 7.20. The fourth-order valence-corrected chi connectivity index (χ4v) is 2.40. The summed E-state index contributed by atoms with van der Waals surface area (Å²) in [4.78, 5) is 16.4. The van der Waals surface area contributed by atoms with E-state index in [0.29, 0.717) is 11.6 Å². The van der Waals surface area contributed by atoms with Crippen LogP contribution in [0.25, 0.3) is 6.08 Å². The van der Waals surface area contributed by atoms with E-state index in [2.05, 4.69) is 4.99 Å². The number of aliphatic imine (C=N–C) groups is 1. The highest BCUT2D eigenvalue weighted by Crippen LogP contribution is 2.22. The smallest absolute Gasteiger partial charge is 0.363 e. The number of aryl methyl sites for hydroxylation is 3. The maximum Gasteiger partial charge on any atom is 0.363 e. The Bertz CT molecular complexity index is 816. The van der Waals surface area contributed by atoms with Gasteiger partial charge in [-0.1, -0.05) is 42.0 Å². The molecule has 3 heteroatoms. The predicted molar refractivity (Wildman–Crippen MR) is 87.7 cm³/mol. The van der Waals surface area contributed by atoms with Crippen molar-refractivity contribution in [3.63, 3.8) is 0 Å². The molecule has 3 rings (SSSR count). The average Bonchev–Trinajstić information content (AvgIpc) is 2.84. The van der Waals surface area contributed by atoms with Crippen LogP contribution in [0.15, 0.2) is 53.2 Å². The summed E-state index contributed by atoms with van der Waals surface area (Å²) in [5, 5.41) is 0. The Hall–Kier alpha value is -2.68. The Kier molecular flexibility index (Phi) is 3.63. The van der Waals surface area contributed by atoms with Crippen LogP contribution in [0.1, 0.15) is 27.8 Å². The summed E-state index contributed by atoms with van der Waals surface area (Å²) in [6.07, 6.45) is 1.79. The van der Waals surface area contributed by atoms with Gasteiger partial charge in [0.25, 0.3) is 0 Å². The van der Waals surface area contributed by atoms with E-state index in [1.165, 1.54) is 0 Å². The SMILES string of the molecule is Cc1ccc(C)c(/C=C2\N=C(c3ccccc3C)OC2=O)c1. The normalized spacial score (nSPS) is 15.9. The number of ether oxygens (including phenoxy) is 1. The Morgan fingerprint density at radius 1 is 1.00 bits per heavy atom. The Labute approximate surface area is 130 Å². The lowest BCUT2D eigenvalue weighted by Gasteiger charge is -2.02. The molecule has 2 aromatic rings. The molecule has 3 nitrogen and oxygen atoms in total. The molecule has 0 aliphatic carbocycles. The van der Waals surface area contributed by atoms with Gasteiger partial charge in [-0.25, -0.2) is 9.79 Å². The van der Waals surface area contributed by atoms with E-state index in [-0.39, 0.29) is 0 Å². The van der Waals surface area contributed by atoms with E-state index in [1.54, 1.807) is 6.08 Å². The number of esters is 1. The van der Waals surface area contributed by atoms with Crippen LogP contribution >= 0.6 is 0 Å². The second-order valence-electron chi connectivity index (χ2n) is 5.51. The van der Waals surface area contributed by atoms with Crippen LogP contribution in [0.4, 0.5) is 0 Å². The number of rotatable bonds is 2. The molecule has 0 bridgehead atoms. The van der Waals surface area contributed by atoms with Gasteiger partial charge < -0.3 is 4.74 Å². The minimum atomic E-state index is -0.404. The van der Waals surface area contributed by atoms with Crippen LogP contribution in [0, 0.1) is 20.8 Å². The minimum absolute atomic E-state index is 0.340. The fourth-order valence-electron chi connectivity index (χ4n) is 2.40. The first kappa shape index (κ1) is 14.3. The standard InChI is InChI=1S/C19H17NO2/c1-12-8-9-13(2)15(10-12)11-17-19(21)22-18(20-17)16-7-5-4-6-14(16)3/h4-11H,1-3H3/b17-11-. The van der Waals surface area contributed by atoms with Crippen LogP contribution in [0.3, 0.4) is 0 Å². The van der Waals surface area contributed by atoms with Gasteiger partial charge in [-0.2, -0.15) is 0 Å². The van der Waals surface area contributed by atoms with Gasteiger partial charge in [-0.3, -0.25) is 0 Å². The summed E-state index contributed by atoms with van der Waals surface area (Å²) in [5.41, 5.74) is 5.45. The largest absolute Gasteiger partial charge is 0.402 e. The molecule has 0 aromatic heterocycles. The van der Waals surface area contributed by atoms with Crippen molar-refractivity contribution in [1.82, 2.24) is 0 Å². The number of hydrogen-bond donors (Lipinski definition) is 0. The maximum absolute atomic E-state index is 12.1. The number of carbonyl (C=O) groups excluding carboxylic acids is 1. The van der Waals surface area contributed by atoms with Gasteiger partial charge in [0.05, 0.1) is 0 Å². The Morgan fingerprint density at radius 2 is 1.77 bits per heavy atom. The maximum atomic E-state index is 12.1. The highest BCUT2D eigenvalue weighted by Gasteiger charge is 2.25. The third kappa shape index (κ3) is 2.70. The summed E-state index contributed by atoms with van der Waals surface area (Å²) in [5.74, 6) is -0.0289. The van der Waals surface area contributed by atoms with Crippen molar-refractivity contribution in [3.8, 4) is 0 Å². The zero-order valence-corrected chi connectivity index (χ0v) is 12.9. The molecule has 0 spiro atoms. The molecule has 0 unspecified atom stereocenters. The topological polar surface area (TPSA) is 38.7 Å². The average molecular weight is 291 g/mol. The van der Waals surface area contributed by atoms with Crippen LogP contribution in [-0.4, -0.2) is 11.9 Å². The highest BCUT2D eigenvalue weighted by molar-refractivity contribution is 6.13. The van der Waals surface area contributed by atoms with Crippen molar-refractivity contribution in [2.75, 3.05) is 0 Å². The van der Waals surface area contributed by atoms with Gasteiger partial charge in [-0.15, -0.1) is 0 Å². The predicted octanol–water partition coefficient (Wildman–Crippen LogP) is 3.96. The summed E-state index contributed by atoms with van der Waals surface area (Å²) in [6, 6.07) is 13.9. The van der Waals surface area contributed by atoms with Crippen LogP contribution in [0.5, 0.6) is 0 Å². The van der Waals surface area contributed by atoms with Crippen molar-refractivity contribution in [3.05, 3.63) is 76.0 Å². The molecule has 2 aromatic carbocycles. The second-order valence-corrected chi connectivity index (χ2v) is 5.51. The van der Waals surface area contributed by atoms with E-state index >= 15 is 0 Å². The highest BCUT2D eigenvalue weighted by atomic mass is 16.6. The van der Waals surface area contributed by atoms with E-state index in [4.69, 9.17) is 4.74 Å². The van der Waals surface area contributed by atoms with Gasteiger partial charge in [0.1, 0.15) is 0 Å². The van der Waals surface area contributed by atoms with Gasteiger partial charge in [0, 0.05) is 5.56 Å². The number of carbonyl (C=O) groups is 1. The molecule has 0 saturated carbocycles. The fraction of sp³-hybridized carbons (Fsp3) is 0.158. The lowest BCUT2D eigenvalue weighted by Crippen LogP contribution is -2.06. The zero-order chi connectivity index (χ0) is 15.7. The molecule has 0 radical (unpaired) electrons. The van der Waals surface area contributed by atoms with Crippen molar-refractivity contribution in [2.45, 2.75) is 20.8 Å². The summed E-state index contributed by atoms with van der Waals surface area (Å²) in [7, 11) is 0. The lowest BCUT2D eigenvalue weighted by atomic mass is 10.0. The molecular weight excluding hydrogens is 274 g/mol. The van der Waals surface area contributed by atoms with E-state index < -0.39 is 5.97 Å². The molecule has 1 aliphatic heterocycles. The first-order chi connectivity index (χ1) is 10.5. The molecule has 1 heterocycles. The van der Waals surface area contributed by atoms with E-state index in [9.17, 15) is 4.79 Å². The first-order valence-corrected chi connectivity index (χ1v) is 7.20. The molecule has 110 valence electrons. The quantitative estimate of drug-likeness (QED) is 0.620. The molecule has 0 atom stereocenters. The van der Waals surface area contributed by atoms with Gasteiger partial charge >= 0.3 is 5.97 Å². The molecule has 0 saturated heterocycles. The number of hydrogen-bond acceptors (Lipinski definition) is 3. The van der Waals surface area contributed by atoms with Gasteiger partial charge in [-0.05, 0) is 49.6 Å². The molecule has 0 fully saturated rings. The lowest BCUT2D eigenvalue weighted by molar-refractivity contribution is -0.129. The van der Waals surface area contributed by atoms with Crippen molar-refractivity contribution < 1.29 is 9.53 Å². The molecule has 1 aliphatic rings. The Morgan fingerprint density at radius 3 is 2.55 bits per heavy atom. The molecular formula is C19H17NO2. The molecule has 22 heavy (non-hydrogen) atoms. The zero-order valence-electron chi connectivity index (χ0n) is 12.9. The summed E-state index contributed by atoms with van der Waals surface area (Å²) in [6.45, 7) is 6.01. The van der Waals surface area contributed by atoms with Crippen molar-refractivity contribution >= 4 is 17.9 Å². The van der Waals surface area contributed by atoms with E-state index in [1.807, 2.05) is 63.2 Å². The summed E-state index contributed by atoms with van der Waals surface area (Å²) < 4.78 is 5.33. The minimum Gasteiger partial charge on any atom is -0.402 e. The van der Waals surface area contributed by atoms with Gasteiger partial charge in [0.15, 0.2) is 5.70 Å². The number of benzene rings is 2. The van der Waals surface area contributed by atoms with Crippen molar-refractivity contribution in [1.29, 1.82) is 0 Å². The van der Waals surface area contributed by atoms with Gasteiger partial charge in [0.2, 0.25) is 5.90 Å². The second kappa shape index (κ2) is 5.60. The van der Waals surface area contributed by atoms with Crippen LogP contribution in [-0.2, 0) is 9.53 Å². The van der Waals surface area contributed by atoms with Crippen LogP contribution < -0.4 is 0 Å². The Balaban J connectivity index is 2.02. The monoisotopic (exact) mass is 291 g/mol. The molecule has 0 amide bonds. The van der Waals surface area contributed by atoms with E-state index in [0.717, 1.165) is 27.8 Å². The third-order valence-electron chi connectivity index (χ3n) is 3.72. The number of cyclic esters (lactones) is 1. The number of nitrogens with zero attached hydrogens (tertiary/aromatic N) is 1. The third-order valence-corrected chi connectivity index (χ3v) is 3.72. The van der Waals surface area contributed by atoms with Crippen molar-refractivity contribution in [2.24, 2.45) is 4.99 Å². The summed E-state index contributed by atoms with van der Waals surface area (Å²) >= 11 is 0. The van der Waals surface area contributed by atoms with Crippen LogP contribution in [0.2, 0.25) is 0 Å².